The first-order valence-electron chi connectivity index (χ1n) is 14.0. The molecule has 1 aliphatic heterocycles. The Morgan fingerprint density at radius 1 is 1.12 bits per heavy atom. The number of fused-ring (bicyclic) bond motifs is 4. The Bertz CT molecular complexity index is 1510. The number of benzene rings is 1. The third-order valence-corrected chi connectivity index (χ3v) is 10.2. The second kappa shape index (κ2) is 9.79. The smallest absolute Gasteiger partial charge is 0.345 e. The van der Waals surface area contributed by atoms with Gasteiger partial charge in [-0.2, -0.15) is 0 Å². The lowest BCUT2D eigenvalue weighted by Crippen LogP contribution is -2.71. The van der Waals surface area contributed by atoms with Crippen LogP contribution in [0.5, 0.6) is 5.75 Å². The summed E-state index contributed by atoms with van der Waals surface area (Å²) < 4.78 is 18.5. The van der Waals surface area contributed by atoms with E-state index < -0.39 is 52.3 Å². The number of aliphatic hydroxyl groups is 3. The quantitative estimate of drug-likeness (QED) is 0.405. The van der Waals surface area contributed by atoms with E-state index in [1.165, 1.54) is 0 Å². The highest BCUT2D eigenvalue weighted by Gasteiger charge is 2.70. The summed E-state index contributed by atoms with van der Waals surface area (Å²) in [5.74, 6) is -1.23. The number of aliphatic hydroxyl groups excluding tert-OH is 3. The number of hydrogen-bond donors (Lipinski definition) is 3. The number of nitrogens with zero attached hydrogens (tertiary/aromatic N) is 1. The van der Waals surface area contributed by atoms with E-state index in [2.05, 4.69) is 4.98 Å². The summed E-state index contributed by atoms with van der Waals surface area (Å²) in [7, 11) is 0. The fraction of sp³-hybridized carbons (Fsp3) is 0.469. The van der Waals surface area contributed by atoms with E-state index >= 15 is 0 Å². The summed E-state index contributed by atoms with van der Waals surface area (Å²) in [6.07, 6.45) is 1.41. The number of ether oxygens (including phenoxy) is 2. The largest absolute Gasteiger partial charge is 0.482 e. The van der Waals surface area contributed by atoms with Crippen molar-refractivity contribution in [2.75, 3.05) is 6.61 Å². The third-order valence-electron chi connectivity index (χ3n) is 10.2. The molecule has 0 bridgehead atoms. The van der Waals surface area contributed by atoms with Crippen LogP contribution in [0.2, 0.25) is 0 Å². The second-order valence-corrected chi connectivity index (χ2v) is 12.4. The highest BCUT2D eigenvalue weighted by atomic mass is 16.6. The van der Waals surface area contributed by atoms with Crippen LogP contribution in [0, 0.1) is 22.7 Å². The maximum absolute atomic E-state index is 13.4. The van der Waals surface area contributed by atoms with Gasteiger partial charge in [-0.05, 0) is 61.8 Å². The maximum atomic E-state index is 13.4. The molecule has 6 rings (SSSR count). The molecule has 0 radical (unpaired) electrons. The van der Waals surface area contributed by atoms with Crippen molar-refractivity contribution in [2.24, 2.45) is 22.7 Å². The Morgan fingerprint density at radius 3 is 2.56 bits per heavy atom. The van der Waals surface area contributed by atoms with Gasteiger partial charge in [0.15, 0.2) is 0 Å². The minimum Gasteiger partial charge on any atom is -0.482 e. The summed E-state index contributed by atoms with van der Waals surface area (Å²) in [6.45, 7) is 5.37. The maximum Gasteiger partial charge on any atom is 0.345 e. The van der Waals surface area contributed by atoms with Crippen molar-refractivity contribution < 1.29 is 34.0 Å². The van der Waals surface area contributed by atoms with Gasteiger partial charge in [-0.3, -0.25) is 4.98 Å². The van der Waals surface area contributed by atoms with Crippen LogP contribution in [0.3, 0.4) is 0 Å². The van der Waals surface area contributed by atoms with E-state index in [4.69, 9.17) is 13.9 Å². The van der Waals surface area contributed by atoms with E-state index in [1.54, 1.807) is 60.9 Å². The van der Waals surface area contributed by atoms with Gasteiger partial charge in [-0.1, -0.05) is 32.0 Å². The molecule has 0 spiro atoms. The van der Waals surface area contributed by atoms with Crippen LogP contribution in [0.4, 0.5) is 0 Å². The molecule has 0 amide bonds. The molecule has 3 aliphatic rings. The minimum absolute atomic E-state index is 0.00643. The van der Waals surface area contributed by atoms with Crippen molar-refractivity contribution in [2.45, 2.75) is 63.9 Å². The van der Waals surface area contributed by atoms with Crippen LogP contribution < -0.4 is 10.4 Å². The molecule has 3 heterocycles. The summed E-state index contributed by atoms with van der Waals surface area (Å²) >= 11 is 0. The Morgan fingerprint density at radius 2 is 1.88 bits per heavy atom. The molecule has 2 aromatic heterocycles. The van der Waals surface area contributed by atoms with Gasteiger partial charge in [0.25, 0.3) is 0 Å². The molecule has 3 N–H and O–H groups in total. The van der Waals surface area contributed by atoms with Gasteiger partial charge < -0.3 is 29.2 Å². The van der Waals surface area contributed by atoms with Gasteiger partial charge in [0, 0.05) is 35.4 Å². The Labute approximate surface area is 237 Å². The first-order valence-corrected chi connectivity index (χ1v) is 14.0. The van der Waals surface area contributed by atoms with Crippen molar-refractivity contribution in [1.82, 2.24) is 4.98 Å². The molecule has 2 aliphatic carbocycles. The molecule has 216 valence electrons. The fourth-order valence-electron chi connectivity index (χ4n) is 7.99. The lowest BCUT2D eigenvalue weighted by Gasteiger charge is -2.66. The monoisotopic (exact) mass is 561 g/mol. The lowest BCUT2D eigenvalue weighted by atomic mass is 9.42. The molecule has 0 saturated heterocycles. The van der Waals surface area contributed by atoms with Gasteiger partial charge in [-0.25, -0.2) is 9.59 Å². The lowest BCUT2D eigenvalue weighted by molar-refractivity contribution is -0.263. The molecular weight excluding hydrogens is 526 g/mol. The topological polar surface area (TPSA) is 139 Å². The first kappa shape index (κ1) is 27.6. The Kier molecular flexibility index (Phi) is 6.60. The average molecular weight is 562 g/mol. The van der Waals surface area contributed by atoms with Crippen LogP contribution in [-0.2, 0) is 4.74 Å². The Balaban J connectivity index is 1.50. The molecule has 1 aromatic carbocycles. The number of aromatic nitrogens is 1. The molecule has 3 aromatic rings. The number of esters is 1. The summed E-state index contributed by atoms with van der Waals surface area (Å²) in [6, 6.07) is 13.7. The fourth-order valence-corrected chi connectivity index (χ4v) is 7.99. The zero-order chi connectivity index (χ0) is 29.2. The van der Waals surface area contributed by atoms with Crippen molar-refractivity contribution >= 4 is 5.97 Å². The van der Waals surface area contributed by atoms with Crippen LogP contribution in [0.15, 0.2) is 70.1 Å². The zero-order valence-electron chi connectivity index (χ0n) is 23.3. The van der Waals surface area contributed by atoms with Gasteiger partial charge in [0.05, 0.1) is 24.4 Å². The number of carbonyl (C=O) groups is 1. The van der Waals surface area contributed by atoms with Gasteiger partial charge >= 0.3 is 11.6 Å². The second-order valence-electron chi connectivity index (χ2n) is 12.4. The predicted octanol–water partition coefficient (Wildman–Crippen LogP) is 3.91. The normalized spacial score (nSPS) is 35.8. The molecule has 0 unspecified atom stereocenters. The van der Waals surface area contributed by atoms with Crippen LogP contribution >= 0.6 is 0 Å². The number of pyridine rings is 1. The van der Waals surface area contributed by atoms with Crippen molar-refractivity contribution in [3.63, 3.8) is 0 Å². The zero-order valence-corrected chi connectivity index (χ0v) is 23.3. The molecule has 9 nitrogen and oxygen atoms in total. The molecule has 2 saturated carbocycles. The molecule has 41 heavy (non-hydrogen) atoms. The summed E-state index contributed by atoms with van der Waals surface area (Å²) in [5.41, 5.74) is -2.65. The van der Waals surface area contributed by atoms with Crippen molar-refractivity contribution in [3.05, 3.63) is 82.5 Å². The summed E-state index contributed by atoms with van der Waals surface area (Å²) in [4.78, 5) is 30.9. The van der Waals surface area contributed by atoms with Gasteiger partial charge in [0.2, 0.25) is 0 Å². The van der Waals surface area contributed by atoms with E-state index in [-0.39, 0.29) is 36.0 Å². The molecule has 8 atom stereocenters. The molecular formula is C32H35NO8. The van der Waals surface area contributed by atoms with Gasteiger partial charge in [0.1, 0.15) is 28.8 Å². The molecule has 2 fully saturated rings. The average Bonchev–Trinajstić information content (AvgIpc) is 2.96. The van der Waals surface area contributed by atoms with Crippen molar-refractivity contribution in [1.29, 1.82) is 0 Å². The standard InChI is InChI=1S/C32H35NO8/c1-30-12-11-23(35)31(2,17-34)22(30)15-24(40-28(37)18-8-5-4-6-9-18)32(3)27(30)26(36)25-21(41-32)14-20(39-29(25)38)19-10-7-13-33-16-19/h4-10,13-14,16,22-24,26-27,34-36H,11-12,15,17H2,1-3H3/t22-,23+,24+,26+,27-,30+,31+,32-/m1/s1. The van der Waals surface area contributed by atoms with Crippen LogP contribution in [-0.4, -0.2) is 50.7 Å². The number of hydrogen-bond acceptors (Lipinski definition) is 9. The highest BCUT2D eigenvalue weighted by molar-refractivity contribution is 5.89. The summed E-state index contributed by atoms with van der Waals surface area (Å²) in [5, 5.41) is 33.6. The van der Waals surface area contributed by atoms with E-state index in [9.17, 15) is 24.9 Å². The molecule has 9 heteroatoms. The first-order chi connectivity index (χ1) is 19.5. The van der Waals surface area contributed by atoms with E-state index in [0.29, 0.717) is 24.0 Å². The van der Waals surface area contributed by atoms with E-state index in [0.717, 1.165) is 0 Å². The van der Waals surface area contributed by atoms with Crippen LogP contribution in [0.25, 0.3) is 11.3 Å². The minimum atomic E-state index is -1.31. The van der Waals surface area contributed by atoms with Crippen LogP contribution in [0.1, 0.15) is 62.1 Å². The van der Waals surface area contributed by atoms with E-state index in [1.807, 2.05) is 20.8 Å². The van der Waals surface area contributed by atoms with Crippen molar-refractivity contribution in [3.8, 4) is 17.1 Å². The third kappa shape index (κ3) is 4.13. The Hall–Kier alpha value is -3.53. The number of carbonyl (C=O) groups excluding carboxylic acids is 1. The van der Waals surface area contributed by atoms with Gasteiger partial charge in [-0.15, -0.1) is 0 Å². The predicted molar refractivity (Wildman–Crippen MR) is 148 cm³/mol. The number of rotatable bonds is 4. The SMILES string of the molecule is C[C@]12CC[C@H](O)[C@@](C)(CO)[C@@H]1C[C@H](OC(=O)c1ccccc1)[C@@]1(C)Oc3cc(-c4cccnc4)oc(=O)c3[C@H](O)[C@H]21. The highest BCUT2D eigenvalue weighted by Crippen LogP contribution is 2.67.